The van der Waals surface area contributed by atoms with Crippen LogP contribution in [0.5, 0.6) is 5.75 Å². The first-order chi connectivity index (χ1) is 8.47. The summed E-state index contributed by atoms with van der Waals surface area (Å²) in [4.78, 5) is 0.0978. The number of hydrogen-bond acceptors (Lipinski definition) is 3. The van der Waals surface area contributed by atoms with Gasteiger partial charge in [0.2, 0.25) is 0 Å². The third kappa shape index (κ3) is 3.25. The van der Waals surface area contributed by atoms with Crippen molar-refractivity contribution < 1.29 is 12.6 Å². The molecule has 0 saturated carbocycles. The van der Waals surface area contributed by atoms with Gasteiger partial charge in [-0.1, -0.05) is 27.5 Å². The summed E-state index contributed by atoms with van der Waals surface area (Å²) in [5.41, 5.74) is 0. The maximum Gasteiger partial charge on any atom is 0.339 e. The molecular weight excluding hydrogens is 340 g/mol. The van der Waals surface area contributed by atoms with Crippen LogP contribution in [-0.4, -0.2) is 8.42 Å². The van der Waals surface area contributed by atoms with Crippen LogP contribution in [0.4, 0.5) is 0 Å². The number of halogens is 2. The molecule has 2 aromatic carbocycles. The van der Waals surface area contributed by atoms with E-state index >= 15 is 0 Å². The van der Waals surface area contributed by atoms with Crippen LogP contribution in [0, 0.1) is 0 Å². The molecule has 0 unspecified atom stereocenters. The fourth-order valence-corrected chi connectivity index (χ4v) is 2.59. The second-order valence-corrected chi connectivity index (χ2v) is 6.34. The normalized spacial score (nSPS) is 11.2. The van der Waals surface area contributed by atoms with E-state index < -0.39 is 10.1 Å². The molecule has 0 radical (unpaired) electrons. The molecule has 0 spiro atoms. The van der Waals surface area contributed by atoms with Gasteiger partial charge in [-0.05, 0) is 48.5 Å². The average Bonchev–Trinajstić information content (AvgIpc) is 2.32. The van der Waals surface area contributed by atoms with E-state index in [2.05, 4.69) is 15.9 Å². The SMILES string of the molecule is O=S(=O)(Oc1ccc(Cl)cc1)c1ccc(Br)cc1. The van der Waals surface area contributed by atoms with Gasteiger partial charge >= 0.3 is 10.1 Å². The van der Waals surface area contributed by atoms with Gasteiger partial charge in [0, 0.05) is 9.50 Å². The molecular formula is C12H8BrClO3S. The first kappa shape index (κ1) is 13.4. The molecule has 18 heavy (non-hydrogen) atoms. The van der Waals surface area contributed by atoms with Gasteiger partial charge in [0.05, 0.1) is 0 Å². The van der Waals surface area contributed by atoms with E-state index in [9.17, 15) is 8.42 Å². The highest BCUT2D eigenvalue weighted by Crippen LogP contribution is 2.21. The van der Waals surface area contributed by atoms with Crippen LogP contribution < -0.4 is 4.18 Å². The fourth-order valence-electron chi connectivity index (χ4n) is 1.27. The predicted molar refractivity (Wildman–Crippen MR) is 73.4 cm³/mol. The van der Waals surface area contributed by atoms with Gasteiger partial charge < -0.3 is 4.18 Å². The third-order valence-corrected chi connectivity index (χ3v) is 4.16. The highest BCUT2D eigenvalue weighted by atomic mass is 79.9. The summed E-state index contributed by atoms with van der Waals surface area (Å²) in [6.45, 7) is 0. The van der Waals surface area contributed by atoms with Gasteiger partial charge in [0.1, 0.15) is 10.6 Å². The molecule has 0 fully saturated rings. The highest BCUT2D eigenvalue weighted by Gasteiger charge is 2.16. The summed E-state index contributed by atoms with van der Waals surface area (Å²) in [5.74, 6) is 0.224. The molecule has 94 valence electrons. The highest BCUT2D eigenvalue weighted by molar-refractivity contribution is 9.10. The second kappa shape index (κ2) is 5.30. The molecule has 0 aliphatic carbocycles. The molecule has 0 heterocycles. The quantitative estimate of drug-likeness (QED) is 0.792. The maximum absolute atomic E-state index is 11.9. The lowest BCUT2D eigenvalue weighted by Crippen LogP contribution is -2.09. The molecule has 0 aromatic heterocycles. The molecule has 0 saturated heterocycles. The van der Waals surface area contributed by atoms with Crippen molar-refractivity contribution in [1.29, 1.82) is 0 Å². The number of hydrogen-bond donors (Lipinski definition) is 0. The van der Waals surface area contributed by atoms with Crippen molar-refractivity contribution in [3.05, 3.63) is 58.0 Å². The summed E-state index contributed by atoms with van der Waals surface area (Å²) in [5, 5.41) is 0.517. The zero-order chi connectivity index (χ0) is 13.2. The van der Waals surface area contributed by atoms with Crippen molar-refractivity contribution in [2.75, 3.05) is 0 Å². The first-order valence-electron chi connectivity index (χ1n) is 4.93. The van der Waals surface area contributed by atoms with Gasteiger partial charge in [0.15, 0.2) is 0 Å². The van der Waals surface area contributed by atoms with E-state index in [0.717, 1.165) is 4.47 Å². The molecule has 0 amide bonds. The Morgan fingerprint density at radius 2 is 1.50 bits per heavy atom. The van der Waals surface area contributed by atoms with Crippen LogP contribution in [0.2, 0.25) is 5.02 Å². The molecule has 3 nitrogen and oxygen atoms in total. The largest absolute Gasteiger partial charge is 0.379 e. The predicted octanol–water partition coefficient (Wildman–Crippen LogP) is 3.87. The van der Waals surface area contributed by atoms with Gasteiger partial charge in [-0.3, -0.25) is 0 Å². The zero-order valence-corrected chi connectivity index (χ0v) is 12.2. The van der Waals surface area contributed by atoms with E-state index in [1.54, 1.807) is 24.3 Å². The lowest BCUT2D eigenvalue weighted by atomic mass is 10.3. The lowest BCUT2D eigenvalue weighted by molar-refractivity contribution is 0.486. The van der Waals surface area contributed by atoms with E-state index in [-0.39, 0.29) is 10.6 Å². The Labute approximate surface area is 119 Å². The molecule has 0 N–H and O–H groups in total. The molecule has 2 rings (SSSR count). The van der Waals surface area contributed by atoms with Gasteiger partial charge in [0.25, 0.3) is 0 Å². The van der Waals surface area contributed by atoms with Crippen LogP contribution in [0.3, 0.4) is 0 Å². The minimum absolute atomic E-state index is 0.0978. The zero-order valence-electron chi connectivity index (χ0n) is 9.01. The molecule has 6 heteroatoms. The van der Waals surface area contributed by atoms with Crippen molar-refractivity contribution in [3.8, 4) is 5.75 Å². The van der Waals surface area contributed by atoms with Crippen molar-refractivity contribution in [3.63, 3.8) is 0 Å². The minimum Gasteiger partial charge on any atom is -0.379 e. The van der Waals surface area contributed by atoms with Crippen LogP contribution in [0.25, 0.3) is 0 Å². The third-order valence-electron chi connectivity index (χ3n) is 2.12. The van der Waals surface area contributed by atoms with Gasteiger partial charge in [-0.2, -0.15) is 8.42 Å². The van der Waals surface area contributed by atoms with Crippen LogP contribution in [0.1, 0.15) is 0 Å². The monoisotopic (exact) mass is 346 g/mol. The molecule has 0 atom stereocenters. The summed E-state index contributed by atoms with van der Waals surface area (Å²) in [6.07, 6.45) is 0. The Hall–Kier alpha value is -1.04. The Morgan fingerprint density at radius 3 is 2.06 bits per heavy atom. The Bertz CT molecular complexity index is 636. The topological polar surface area (TPSA) is 43.4 Å². The van der Waals surface area contributed by atoms with E-state index in [0.29, 0.717) is 5.02 Å². The number of benzene rings is 2. The molecule has 2 aromatic rings. The van der Waals surface area contributed by atoms with Crippen molar-refractivity contribution in [2.45, 2.75) is 4.90 Å². The van der Waals surface area contributed by atoms with Gasteiger partial charge in [-0.25, -0.2) is 0 Å². The second-order valence-electron chi connectivity index (χ2n) is 3.45. The summed E-state index contributed by atoms with van der Waals surface area (Å²) < 4.78 is 29.6. The van der Waals surface area contributed by atoms with E-state index in [4.69, 9.17) is 15.8 Å². The van der Waals surface area contributed by atoms with Crippen LogP contribution in [0.15, 0.2) is 57.9 Å². The molecule has 0 aliphatic rings. The smallest absolute Gasteiger partial charge is 0.339 e. The average molecular weight is 348 g/mol. The Morgan fingerprint density at radius 1 is 0.944 bits per heavy atom. The Balaban J connectivity index is 2.27. The summed E-state index contributed by atoms with van der Waals surface area (Å²) in [7, 11) is -3.81. The first-order valence-corrected chi connectivity index (χ1v) is 7.51. The molecule has 0 aliphatic heterocycles. The fraction of sp³-hybridized carbons (Fsp3) is 0. The summed E-state index contributed by atoms with van der Waals surface area (Å²) >= 11 is 8.94. The standard InChI is InChI=1S/C12H8BrClO3S/c13-9-1-7-12(8-2-9)18(15,16)17-11-5-3-10(14)4-6-11/h1-8H. The van der Waals surface area contributed by atoms with Crippen molar-refractivity contribution in [1.82, 2.24) is 0 Å². The van der Waals surface area contributed by atoms with Crippen molar-refractivity contribution in [2.24, 2.45) is 0 Å². The maximum atomic E-state index is 11.9. The van der Waals surface area contributed by atoms with Crippen LogP contribution >= 0.6 is 27.5 Å². The Kier molecular flexibility index (Phi) is 3.94. The van der Waals surface area contributed by atoms with Gasteiger partial charge in [-0.15, -0.1) is 0 Å². The summed E-state index contributed by atoms with van der Waals surface area (Å²) in [6, 6.07) is 12.3. The van der Waals surface area contributed by atoms with E-state index in [1.165, 1.54) is 24.3 Å². The van der Waals surface area contributed by atoms with Crippen LogP contribution in [-0.2, 0) is 10.1 Å². The minimum atomic E-state index is -3.81. The lowest BCUT2D eigenvalue weighted by Gasteiger charge is -2.06. The number of rotatable bonds is 3. The van der Waals surface area contributed by atoms with Crippen molar-refractivity contribution >= 4 is 37.6 Å². The van der Waals surface area contributed by atoms with E-state index in [1.807, 2.05) is 0 Å². The molecule has 0 bridgehead atoms.